The average Bonchev–Trinajstić information content (AvgIpc) is 2.26. The molecule has 0 aromatic heterocycles. The summed E-state index contributed by atoms with van der Waals surface area (Å²) in [6.45, 7) is 1.95. The number of benzene rings is 1. The molecule has 1 N–H and O–H groups in total. The minimum Gasteiger partial charge on any atom is -0.507 e. The van der Waals surface area contributed by atoms with Crippen LogP contribution in [-0.4, -0.2) is 11.2 Å². The first-order valence-electron chi connectivity index (χ1n) is 5.74. The van der Waals surface area contributed by atoms with Crippen molar-refractivity contribution in [1.82, 2.24) is 0 Å². The van der Waals surface area contributed by atoms with Crippen LogP contribution >= 0.6 is 11.6 Å². The number of aliphatic imine (C=N–C) groups is 1. The molecule has 0 aliphatic heterocycles. The molecule has 1 fully saturated rings. The summed E-state index contributed by atoms with van der Waals surface area (Å²) in [5.74, 6) is 0.218. The van der Waals surface area contributed by atoms with Crippen LogP contribution in [0.4, 0.5) is 0 Å². The van der Waals surface area contributed by atoms with E-state index >= 15 is 0 Å². The third-order valence-electron chi connectivity index (χ3n) is 3.48. The largest absolute Gasteiger partial charge is 0.507 e. The summed E-state index contributed by atoms with van der Waals surface area (Å²) in [7, 11) is 0. The smallest absolute Gasteiger partial charge is 0.235 e. The second-order valence-corrected chi connectivity index (χ2v) is 4.84. The van der Waals surface area contributed by atoms with E-state index in [1.54, 1.807) is 18.2 Å². The SMILES string of the molecule is CCc1cc(Cl)cc(C2(N=C=O)CCC2)c1O. The highest BCUT2D eigenvalue weighted by molar-refractivity contribution is 6.30. The van der Waals surface area contributed by atoms with Gasteiger partial charge in [0.15, 0.2) is 0 Å². The molecule has 3 nitrogen and oxygen atoms in total. The summed E-state index contributed by atoms with van der Waals surface area (Å²) in [6.07, 6.45) is 4.83. The van der Waals surface area contributed by atoms with Gasteiger partial charge in [-0.05, 0) is 43.4 Å². The van der Waals surface area contributed by atoms with Gasteiger partial charge in [0, 0.05) is 10.6 Å². The van der Waals surface area contributed by atoms with Gasteiger partial charge in [-0.25, -0.2) is 4.79 Å². The van der Waals surface area contributed by atoms with Gasteiger partial charge in [0.2, 0.25) is 6.08 Å². The third kappa shape index (κ3) is 1.97. The number of isocyanates is 1. The van der Waals surface area contributed by atoms with E-state index in [4.69, 9.17) is 11.6 Å². The highest BCUT2D eigenvalue weighted by Crippen LogP contribution is 2.49. The maximum Gasteiger partial charge on any atom is 0.235 e. The van der Waals surface area contributed by atoms with E-state index in [1.807, 2.05) is 6.92 Å². The fourth-order valence-electron chi connectivity index (χ4n) is 2.32. The number of rotatable bonds is 3. The van der Waals surface area contributed by atoms with E-state index in [9.17, 15) is 9.90 Å². The van der Waals surface area contributed by atoms with E-state index in [2.05, 4.69) is 4.99 Å². The predicted molar refractivity (Wildman–Crippen MR) is 66.1 cm³/mol. The number of hydrogen-bond donors (Lipinski definition) is 1. The highest BCUT2D eigenvalue weighted by atomic mass is 35.5. The Morgan fingerprint density at radius 2 is 2.24 bits per heavy atom. The Labute approximate surface area is 105 Å². The van der Waals surface area contributed by atoms with Crippen LogP contribution in [0.15, 0.2) is 17.1 Å². The van der Waals surface area contributed by atoms with E-state index in [0.717, 1.165) is 24.8 Å². The van der Waals surface area contributed by atoms with Gasteiger partial charge in [0.25, 0.3) is 0 Å². The Kier molecular flexibility index (Phi) is 3.23. The zero-order chi connectivity index (χ0) is 12.5. The second-order valence-electron chi connectivity index (χ2n) is 4.40. The molecule has 90 valence electrons. The number of carbonyl (C=O) groups excluding carboxylic acids is 1. The van der Waals surface area contributed by atoms with Crippen molar-refractivity contribution in [2.45, 2.75) is 38.1 Å². The number of phenolic OH excluding ortho intramolecular Hbond substituents is 1. The van der Waals surface area contributed by atoms with Crippen LogP contribution in [0, 0.1) is 0 Å². The standard InChI is InChI=1S/C13H14ClNO2/c1-2-9-6-10(14)7-11(12(9)17)13(15-8-16)4-3-5-13/h6-7,17H,2-5H2,1H3. The second kappa shape index (κ2) is 4.52. The van der Waals surface area contributed by atoms with Crippen molar-refractivity contribution >= 4 is 17.7 Å². The van der Waals surface area contributed by atoms with Crippen LogP contribution in [-0.2, 0) is 16.8 Å². The Morgan fingerprint density at radius 1 is 1.53 bits per heavy atom. The first-order chi connectivity index (χ1) is 8.13. The van der Waals surface area contributed by atoms with Gasteiger partial charge in [-0.15, -0.1) is 0 Å². The van der Waals surface area contributed by atoms with Gasteiger partial charge in [-0.1, -0.05) is 18.5 Å². The first kappa shape index (κ1) is 12.2. The lowest BCUT2D eigenvalue weighted by atomic mass is 9.71. The average molecular weight is 252 g/mol. The molecule has 17 heavy (non-hydrogen) atoms. The molecule has 4 heteroatoms. The Bertz CT molecular complexity index is 488. The van der Waals surface area contributed by atoms with Crippen molar-refractivity contribution in [1.29, 1.82) is 0 Å². The van der Waals surface area contributed by atoms with Crippen molar-refractivity contribution in [3.63, 3.8) is 0 Å². The number of hydrogen-bond acceptors (Lipinski definition) is 3. The summed E-state index contributed by atoms with van der Waals surface area (Å²) in [5, 5.41) is 10.8. The molecule has 1 aliphatic rings. The normalized spacial score (nSPS) is 17.1. The highest BCUT2D eigenvalue weighted by Gasteiger charge is 2.41. The third-order valence-corrected chi connectivity index (χ3v) is 3.69. The molecule has 0 amide bonds. The minimum absolute atomic E-state index is 0.218. The van der Waals surface area contributed by atoms with Crippen molar-refractivity contribution in [3.05, 3.63) is 28.3 Å². The Balaban J connectivity index is 2.58. The first-order valence-corrected chi connectivity index (χ1v) is 6.11. The fraction of sp³-hybridized carbons (Fsp3) is 0.462. The number of phenols is 1. The van der Waals surface area contributed by atoms with Gasteiger partial charge >= 0.3 is 0 Å². The Morgan fingerprint density at radius 3 is 2.71 bits per heavy atom. The zero-order valence-electron chi connectivity index (χ0n) is 9.66. The van der Waals surface area contributed by atoms with E-state index < -0.39 is 5.54 Å². The molecular formula is C13H14ClNO2. The molecule has 0 heterocycles. The van der Waals surface area contributed by atoms with Gasteiger partial charge in [-0.2, -0.15) is 4.99 Å². The van der Waals surface area contributed by atoms with Gasteiger partial charge in [-0.3, -0.25) is 0 Å². The van der Waals surface area contributed by atoms with Gasteiger partial charge in [0.1, 0.15) is 11.3 Å². The molecular weight excluding hydrogens is 238 g/mol. The summed E-state index contributed by atoms with van der Waals surface area (Å²) >= 11 is 6.04. The van der Waals surface area contributed by atoms with Crippen LogP contribution in [0.5, 0.6) is 5.75 Å². The van der Waals surface area contributed by atoms with Crippen LogP contribution in [0.25, 0.3) is 0 Å². The quantitative estimate of drug-likeness (QED) is 0.662. The predicted octanol–water partition coefficient (Wildman–Crippen LogP) is 3.32. The van der Waals surface area contributed by atoms with E-state index in [1.165, 1.54) is 0 Å². The summed E-state index contributed by atoms with van der Waals surface area (Å²) < 4.78 is 0. The summed E-state index contributed by atoms with van der Waals surface area (Å²) in [5.41, 5.74) is 0.858. The lowest BCUT2D eigenvalue weighted by Crippen LogP contribution is -2.32. The maximum absolute atomic E-state index is 10.5. The van der Waals surface area contributed by atoms with Crippen molar-refractivity contribution in [2.75, 3.05) is 0 Å². The van der Waals surface area contributed by atoms with Crippen LogP contribution in [0.1, 0.15) is 37.3 Å². The summed E-state index contributed by atoms with van der Waals surface area (Å²) in [6, 6.07) is 3.45. The minimum atomic E-state index is -0.597. The number of nitrogens with zero attached hydrogens (tertiary/aromatic N) is 1. The molecule has 0 spiro atoms. The molecule has 0 atom stereocenters. The van der Waals surface area contributed by atoms with E-state index in [0.29, 0.717) is 17.0 Å². The molecule has 0 radical (unpaired) electrons. The molecule has 0 saturated heterocycles. The molecule has 1 aliphatic carbocycles. The Hall–Kier alpha value is -1.31. The van der Waals surface area contributed by atoms with Crippen LogP contribution < -0.4 is 0 Å². The van der Waals surface area contributed by atoms with E-state index in [-0.39, 0.29) is 5.75 Å². The topological polar surface area (TPSA) is 49.7 Å². The molecule has 1 aromatic carbocycles. The lowest BCUT2D eigenvalue weighted by Gasteiger charge is -2.37. The summed E-state index contributed by atoms with van der Waals surface area (Å²) in [4.78, 5) is 14.4. The number of aryl methyl sites for hydroxylation is 1. The van der Waals surface area contributed by atoms with Crippen molar-refractivity contribution in [3.8, 4) is 5.75 Å². The van der Waals surface area contributed by atoms with Crippen LogP contribution in [0.3, 0.4) is 0 Å². The molecule has 1 saturated carbocycles. The molecule has 0 bridgehead atoms. The zero-order valence-corrected chi connectivity index (χ0v) is 10.4. The van der Waals surface area contributed by atoms with Gasteiger partial charge < -0.3 is 5.11 Å². The van der Waals surface area contributed by atoms with Crippen LogP contribution in [0.2, 0.25) is 5.02 Å². The monoisotopic (exact) mass is 251 g/mol. The number of halogens is 1. The number of aromatic hydroxyl groups is 1. The fourth-order valence-corrected chi connectivity index (χ4v) is 2.56. The maximum atomic E-state index is 10.5. The van der Waals surface area contributed by atoms with Gasteiger partial charge in [0.05, 0.1) is 0 Å². The van der Waals surface area contributed by atoms with Crippen molar-refractivity contribution in [2.24, 2.45) is 4.99 Å². The molecule has 2 rings (SSSR count). The lowest BCUT2D eigenvalue weighted by molar-refractivity contribution is 0.247. The van der Waals surface area contributed by atoms with Crippen molar-refractivity contribution < 1.29 is 9.90 Å². The molecule has 1 aromatic rings. The molecule has 0 unspecified atom stereocenters.